The van der Waals surface area contributed by atoms with Gasteiger partial charge in [0.05, 0.1) is 6.10 Å². The Morgan fingerprint density at radius 1 is 1.35 bits per heavy atom. The lowest BCUT2D eigenvalue weighted by Crippen LogP contribution is -2.49. The van der Waals surface area contributed by atoms with Crippen molar-refractivity contribution in [2.24, 2.45) is 5.41 Å². The fraction of sp³-hybridized carbons (Fsp3) is 0.933. The minimum Gasteiger partial charge on any atom is -0.391 e. The van der Waals surface area contributed by atoms with Gasteiger partial charge in [-0.25, -0.2) is 4.79 Å². The molecule has 118 valence electrons. The van der Waals surface area contributed by atoms with Crippen molar-refractivity contribution in [3.63, 3.8) is 0 Å². The molecule has 20 heavy (non-hydrogen) atoms. The number of carbonyl (C=O) groups is 1. The molecule has 3 unspecified atom stereocenters. The molecule has 1 saturated carbocycles. The summed E-state index contributed by atoms with van der Waals surface area (Å²) in [6.07, 6.45) is 3.87. The van der Waals surface area contributed by atoms with Crippen LogP contribution < -0.4 is 10.6 Å². The Labute approximate surface area is 123 Å². The van der Waals surface area contributed by atoms with Gasteiger partial charge in [-0.1, -0.05) is 20.8 Å². The zero-order chi connectivity index (χ0) is 15.3. The number of nitrogens with one attached hydrogen (secondary N) is 2. The third kappa shape index (κ3) is 5.67. The second-order valence-corrected chi connectivity index (χ2v) is 7.22. The maximum Gasteiger partial charge on any atom is 0.315 e. The molecule has 0 radical (unpaired) electrons. The summed E-state index contributed by atoms with van der Waals surface area (Å²) in [7, 11) is 4.18. The van der Waals surface area contributed by atoms with Crippen LogP contribution in [0.3, 0.4) is 0 Å². The molecule has 1 aliphatic carbocycles. The second kappa shape index (κ2) is 7.27. The van der Waals surface area contributed by atoms with Crippen molar-refractivity contribution < 1.29 is 9.90 Å². The van der Waals surface area contributed by atoms with E-state index in [9.17, 15) is 9.90 Å². The van der Waals surface area contributed by atoms with Crippen molar-refractivity contribution in [2.45, 2.75) is 64.6 Å². The van der Waals surface area contributed by atoms with Gasteiger partial charge < -0.3 is 20.6 Å². The van der Waals surface area contributed by atoms with Crippen molar-refractivity contribution in [1.82, 2.24) is 15.5 Å². The molecule has 0 aromatic heterocycles. The van der Waals surface area contributed by atoms with Gasteiger partial charge in [0.2, 0.25) is 0 Å². The normalized spacial score (nSPS) is 25.4. The number of urea groups is 1. The summed E-state index contributed by atoms with van der Waals surface area (Å²) in [5.74, 6) is 0. The Morgan fingerprint density at radius 3 is 2.55 bits per heavy atom. The molecule has 0 heterocycles. The number of hydrogen-bond acceptors (Lipinski definition) is 3. The number of amides is 2. The number of carbonyl (C=O) groups excluding carboxylic acids is 1. The molecule has 1 fully saturated rings. The molecule has 0 aromatic carbocycles. The smallest absolute Gasteiger partial charge is 0.315 e. The summed E-state index contributed by atoms with van der Waals surface area (Å²) in [4.78, 5) is 14.1. The van der Waals surface area contributed by atoms with Gasteiger partial charge in [0.1, 0.15) is 0 Å². The molecule has 3 N–H and O–H groups in total. The Balaban J connectivity index is 2.32. The highest BCUT2D eigenvalue weighted by Crippen LogP contribution is 2.21. The van der Waals surface area contributed by atoms with Crippen molar-refractivity contribution in [3.8, 4) is 0 Å². The van der Waals surface area contributed by atoms with Crippen molar-refractivity contribution in [1.29, 1.82) is 0 Å². The predicted octanol–water partition coefficient (Wildman–Crippen LogP) is 1.57. The molecular weight excluding hydrogens is 254 g/mol. The zero-order valence-electron chi connectivity index (χ0n) is 13.6. The third-order valence-electron chi connectivity index (χ3n) is 4.17. The Bertz CT molecular complexity index is 313. The van der Waals surface area contributed by atoms with Gasteiger partial charge in [0, 0.05) is 18.6 Å². The van der Waals surface area contributed by atoms with Gasteiger partial charge >= 0.3 is 6.03 Å². The van der Waals surface area contributed by atoms with E-state index in [0.29, 0.717) is 12.6 Å². The molecule has 1 aliphatic rings. The Hall–Kier alpha value is -0.810. The molecule has 0 saturated heterocycles. The lowest BCUT2D eigenvalue weighted by molar-refractivity contribution is 0.0647. The van der Waals surface area contributed by atoms with Crippen LogP contribution >= 0.6 is 0 Å². The minimum atomic E-state index is -0.533. The molecular formula is C15H31N3O2. The van der Waals surface area contributed by atoms with E-state index in [1.54, 1.807) is 0 Å². The quantitative estimate of drug-likeness (QED) is 0.734. The highest BCUT2D eigenvalue weighted by Gasteiger charge is 2.25. The highest BCUT2D eigenvalue weighted by atomic mass is 16.3. The summed E-state index contributed by atoms with van der Waals surface area (Å²) in [6, 6.07) is 0.620. The van der Waals surface area contributed by atoms with E-state index in [1.165, 1.54) is 6.42 Å². The average Bonchev–Trinajstić information content (AvgIpc) is 2.35. The first-order chi connectivity index (χ1) is 9.20. The lowest BCUT2D eigenvalue weighted by Gasteiger charge is -2.34. The van der Waals surface area contributed by atoms with Crippen LogP contribution in [0.2, 0.25) is 0 Å². The van der Waals surface area contributed by atoms with Crippen molar-refractivity contribution >= 4 is 6.03 Å². The summed E-state index contributed by atoms with van der Waals surface area (Å²) in [5.41, 5.74) is -0.214. The third-order valence-corrected chi connectivity index (χ3v) is 4.17. The van der Waals surface area contributed by atoms with Crippen LogP contribution in [0.1, 0.15) is 46.5 Å². The molecule has 5 heteroatoms. The Kier molecular flexibility index (Phi) is 6.27. The molecule has 0 spiro atoms. The van der Waals surface area contributed by atoms with Gasteiger partial charge in [-0.05, 0) is 45.2 Å². The van der Waals surface area contributed by atoms with Crippen molar-refractivity contribution in [2.75, 3.05) is 20.6 Å². The van der Waals surface area contributed by atoms with Crippen LogP contribution in [-0.2, 0) is 0 Å². The van der Waals surface area contributed by atoms with E-state index in [-0.39, 0.29) is 17.5 Å². The van der Waals surface area contributed by atoms with Crippen LogP contribution in [0.15, 0.2) is 0 Å². The first-order valence-electron chi connectivity index (χ1n) is 7.59. The minimum absolute atomic E-state index is 0.169. The van der Waals surface area contributed by atoms with Gasteiger partial charge in [0.15, 0.2) is 0 Å². The summed E-state index contributed by atoms with van der Waals surface area (Å²) < 4.78 is 0. The van der Waals surface area contributed by atoms with E-state index in [0.717, 1.165) is 19.3 Å². The number of aliphatic hydroxyl groups excluding tert-OH is 1. The number of aliphatic hydroxyl groups is 1. The van der Waals surface area contributed by atoms with Crippen LogP contribution in [-0.4, -0.2) is 54.9 Å². The number of nitrogens with zero attached hydrogens (tertiary/aromatic N) is 1. The first kappa shape index (κ1) is 17.2. The van der Waals surface area contributed by atoms with Crippen LogP contribution in [0.5, 0.6) is 0 Å². The number of rotatable bonds is 4. The zero-order valence-corrected chi connectivity index (χ0v) is 13.6. The van der Waals surface area contributed by atoms with E-state index < -0.39 is 6.10 Å². The summed E-state index contributed by atoms with van der Waals surface area (Å²) in [6.45, 7) is 6.17. The average molecular weight is 285 g/mol. The van der Waals surface area contributed by atoms with E-state index >= 15 is 0 Å². The maximum atomic E-state index is 11.9. The molecule has 1 rings (SSSR count). The maximum absolute atomic E-state index is 11.9. The van der Waals surface area contributed by atoms with Gasteiger partial charge in [0.25, 0.3) is 0 Å². The highest BCUT2D eigenvalue weighted by molar-refractivity contribution is 5.74. The van der Waals surface area contributed by atoms with E-state index in [2.05, 4.69) is 29.6 Å². The molecule has 2 amide bonds. The monoisotopic (exact) mass is 285 g/mol. The molecule has 5 nitrogen and oxygen atoms in total. The molecule has 0 aromatic rings. The van der Waals surface area contributed by atoms with E-state index in [1.807, 2.05) is 20.8 Å². The van der Waals surface area contributed by atoms with E-state index in [4.69, 9.17) is 0 Å². The van der Waals surface area contributed by atoms with Crippen LogP contribution in [0.4, 0.5) is 4.79 Å². The standard InChI is InChI=1S/C15H31N3O2/c1-15(2,3)13(19)10-16-14(20)17-11-7-6-8-12(9-11)18(4)5/h11-13,19H,6-10H2,1-5H3,(H2,16,17,20). The SMILES string of the molecule is CN(C)C1CCCC(NC(=O)NCC(O)C(C)(C)C)C1. The summed E-state index contributed by atoms with van der Waals surface area (Å²) in [5, 5.41) is 15.7. The molecule has 0 aliphatic heterocycles. The van der Waals surface area contributed by atoms with Gasteiger partial charge in [-0.15, -0.1) is 0 Å². The molecule has 0 bridgehead atoms. The topological polar surface area (TPSA) is 64.6 Å². The second-order valence-electron chi connectivity index (χ2n) is 7.22. The Morgan fingerprint density at radius 2 is 2.00 bits per heavy atom. The van der Waals surface area contributed by atoms with Crippen molar-refractivity contribution in [3.05, 3.63) is 0 Å². The van der Waals surface area contributed by atoms with Crippen LogP contribution in [0, 0.1) is 5.41 Å². The van der Waals surface area contributed by atoms with Gasteiger partial charge in [-0.3, -0.25) is 0 Å². The lowest BCUT2D eigenvalue weighted by atomic mass is 9.89. The predicted molar refractivity (Wildman–Crippen MR) is 81.7 cm³/mol. The largest absolute Gasteiger partial charge is 0.391 e. The fourth-order valence-corrected chi connectivity index (χ4v) is 2.50. The van der Waals surface area contributed by atoms with Gasteiger partial charge in [-0.2, -0.15) is 0 Å². The summed E-state index contributed by atoms with van der Waals surface area (Å²) >= 11 is 0. The number of hydrogen-bond donors (Lipinski definition) is 3. The first-order valence-corrected chi connectivity index (χ1v) is 7.59. The van der Waals surface area contributed by atoms with Crippen LogP contribution in [0.25, 0.3) is 0 Å². The molecule has 3 atom stereocenters. The fourth-order valence-electron chi connectivity index (χ4n) is 2.50.